The number of aryl methyl sites for hydroxylation is 1. The molecule has 4 heteroatoms. The van der Waals surface area contributed by atoms with Gasteiger partial charge >= 0.3 is 0 Å². The number of piperidine rings is 1. The van der Waals surface area contributed by atoms with Crippen molar-refractivity contribution < 1.29 is 4.74 Å². The minimum absolute atomic E-state index is 0.346. The van der Waals surface area contributed by atoms with Crippen molar-refractivity contribution in [3.05, 3.63) is 23.4 Å². The Labute approximate surface area is 127 Å². The van der Waals surface area contributed by atoms with Crippen LogP contribution in [0.15, 0.2) is 12.1 Å². The van der Waals surface area contributed by atoms with E-state index in [4.69, 9.17) is 9.72 Å². The normalized spacial score (nSPS) is 22.6. The molecule has 4 nitrogen and oxygen atoms in total. The second-order valence-electron chi connectivity index (χ2n) is 6.28. The summed E-state index contributed by atoms with van der Waals surface area (Å²) in [5, 5.41) is 3.60. The SMILES string of the molecule is CCc1cc(CNC2CC2)cc(N2CCCC(OC)C2)n1. The first kappa shape index (κ1) is 14.8. The Morgan fingerprint density at radius 2 is 2.19 bits per heavy atom. The van der Waals surface area contributed by atoms with Crippen LogP contribution < -0.4 is 10.2 Å². The lowest BCUT2D eigenvalue weighted by Gasteiger charge is -2.33. The zero-order valence-corrected chi connectivity index (χ0v) is 13.3. The third-order valence-corrected chi connectivity index (χ3v) is 4.49. The molecule has 1 saturated heterocycles. The van der Waals surface area contributed by atoms with Crippen LogP contribution >= 0.6 is 0 Å². The van der Waals surface area contributed by atoms with E-state index in [9.17, 15) is 0 Å². The topological polar surface area (TPSA) is 37.4 Å². The van der Waals surface area contributed by atoms with Crippen LogP contribution in [0.5, 0.6) is 0 Å². The van der Waals surface area contributed by atoms with Crippen molar-refractivity contribution in [1.29, 1.82) is 0 Å². The minimum atomic E-state index is 0.346. The molecule has 3 rings (SSSR count). The summed E-state index contributed by atoms with van der Waals surface area (Å²) in [6.07, 6.45) is 6.36. The first-order valence-corrected chi connectivity index (χ1v) is 8.29. The van der Waals surface area contributed by atoms with Gasteiger partial charge in [0.05, 0.1) is 6.10 Å². The van der Waals surface area contributed by atoms with Gasteiger partial charge in [0, 0.05) is 38.5 Å². The molecule has 0 aromatic carbocycles. The van der Waals surface area contributed by atoms with Gasteiger partial charge < -0.3 is 15.0 Å². The molecule has 1 aromatic rings. The van der Waals surface area contributed by atoms with Crippen LogP contribution in [-0.2, 0) is 17.7 Å². The van der Waals surface area contributed by atoms with Crippen molar-refractivity contribution in [2.75, 3.05) is 25.1 Å². The van der Waals surface area contributed by atoms with Gasteiger partial charge in [-0.25, -0.2) is 4.98 Å². The molecule has 2 fully saturated rings. The van der Waals surface area contributed by atoms with Gasteiger partial charge in [-0.15, -0.1) is 0 Å². The van der Waals surface area contributed by atoms with Gasteiger partial charge in [0.1, 0.15) is 5.82 Å². The number of aromatic nitrogens is 1. The van der Waals surface area contributed by atoms with Crippen molar-refractivity contribution in [2.24, 2.45) is 0 Å². The molecule has 1 aliphatic heterocycles. The fourth-order valence-electron chi connectivity index (χ4n) is 2.97. The number of ether oxygens (including phenoxy) is 1. The van der Waals surface area contributed by atoms with Gasteiger partial charge in [0.15, 0.2) is 0 Å². The number of hydrogen-bond donors (Lipinski definition) is 1. The molecular formula is C17H27N3O. The number of nitrogens with one attached hydrogen (secondary N) is 1. The van der Waals surface area contributed by atoms with Gasteiger partial charge in [-0.2, -0.15) is 0 Å². The predicted molar refractivity (Wildman–Crippen MR) is 85.7 cm³/mol. The molecule has 0 radical (unpaired) electrons. The summed E-state index contributed by atoms with van der Waals surface area (Å²) in [6, 6.07) is 5.25. The third-order valence-electron chi connectivity index (χ3n) is 4.49. The van der Waals surface area contributed by atoms with Crippen LogP contribution in [0.25, 0.3) is 0 Å². The highest BCUT2D eigenvalue weighted by molar-refractivity contribution is 5.43. The van der Waals surface area contributed by atoms with Crippen molar-refractivity contribution >= 4 is 5.82 Å². The van der Waals surface area contributed by atoms with Crippen LogP contribution in [0.2, 0.25) is 0 Å². The number of methoxy groups -OCH3 is 1. The van der Waals surface area contributed by atoms with E-state index >= 15 is 0 Å². The van der Waals surface area contributed by atoms with Crippen LogP contribution in [0.1, 0.15) is 43.9 Å². The first-order valence-electron chi connectivity index (χ1n) is 8.29. The number of rotatable bonds is 6. The van der Waals surface area contributed by atoms with E-state index in [1.807, 2.05) is 7.11 Å². The molecule has 21 heavy (non-hydrogen) atoms. The summed E-state index contributed by atoms with van der Waals surface area (Å²) < 4.78 is 5.54. The smallest absolute Gasteiger partial charge is 0.129 e. The van der Waals surface area contributed by atoms with Crippen molar-refractivity contribution in [3.8, 4) is 0 Å². The van der Waals surface area contributed by atoms with E-state index in [0.717, 1.165) is 44.3 Å². The van der Waals surface area contributed by atoms with Gasteiger partial charge in [0.2, 0.25) is 0 Å². The summed E-state index contributed by atoms with van der Waals surface area (Å²) in [5.41, 5.74) is 2.56. The van der Waals surface area contributed by atoms with Crippen molar-refractivity contribution in [3.63, 3.8) is 0 Å². The van der Waals surface area contributed by atoms with Gasteiger partial charge in [-0.3, -0.25) is 0 Å². The van der Waals surface area contributed by atoms with Crippen molar-refractivity contribution in [2.45, 2.75) is 57.7 Å². The largest absolute Gasteiger partial charge is 0.380 e. The van der Waals surface area contributed by atoms with E-state index < -0.39 is 0 Å². The van der Waals surface area contributed by atoms with Crippen LogP contribution in [-0.4, -0.2) is 37.3 Å². The molecule has 1 saturated carbocycles. The highest BCUT2D eigenvalue weighted by Crippen LogP contribution is 2.23. The first-order chi connectivity index (χ1) is 10.3. The van der Waals surface area contributed by atoms with Crippen LogP contribution in [0.3, 0.4) is 0 Å². The Morgan fingerprint density at radius 1 is 1.33 bits per heavy atom. The average Bonchev–Trinajstić information content (AvgIpc) is 3.37. The molecule has 1 N–H and O–H groups in total. The quantitative estimate of drug-likeness (QED) is 0.873. The highest BCUT2D eigenvalue weighted by atomic mass is 16.5. The second kappa shape index (κ2) is 6.75. The monoisotopic (exact) mass is 289 g/mol. The summed E-state index contributed by atoms with van der Waals surface area (Å²) in [5.74, 6) is 1.13. The highest BCUT2D eigenvalue weighted by Gasteiger charge is 2.22. The fraction of sp³-hybridized carbons (Fsp3) is 0.706. The lowest BCUT2D eigenvalue weighted by molar-refractivity contribution is 0.0891. The Bertz CT molecular complexity index is 473. The van der Waals surface area contributed by atoms with Crippen molar-refractivity contribution in [1.82, 2.24) is 10.3 Å². The van der Waals surface area contributed by atoms with Gasteiger partial charge in [0.25, 0.3) is 0 Å². The summed E-state index contributed by atoms with van der Waals surface area (Å²) in [7, 11) is 1.81. The van der Waals surface area contributed by atoms with E-state index in [0.29, 0.717) is 6.10 Å². The lowest BCUT2D eigenvalue weighted by atomic mass is 10.1. The van der Waals surface area contributed by atoms with Crippen LogP contribution in [0.4, 0.5) is 5.82 Å². The Morgan fingerprint density at radius 3 is 2.90 bits per heavy atom. The van der Waals surface area contributed by atoms with E-state index in [-0.39, 0.29) is 0 Å². The maximum atomic E-state index is 5.54. The summed E-state index contributed by atoms with van der Waals surface area (Å²) in [6.45, 7) is 5.20. The molecule has 0 spiro atoms. The number of nitrogens with zero attached hydrogens (tertiary/aromatic N) is 2. The molecule has 1 aromatic heterocycles. The predicted octanol–water partition coefficient (Wildman–Crippen LogP) is 2.51. The van der Waals surface area contributed by atoms with Gasteiger partial charge in [-0.05, 0) is 49.8 Å². The molecular weight excluding hydrogens is 262 g/mol. The zero-order chi connectivity index (χ0) is 14.7. The molecule has 1 aliphatic carbocycles. The Balaban J connectivity index is 1.73. The zero-order valence-electron chi connectivity index (χ0n) is 13.3. The average molecular weight is 289 g/mol. The standard InChI is InChI=1S/C17H27N3O/c1-3-14-9-13(11-18-15-6-7-15)10-17(19-14)20-8-4-5-16(12-20)21-2/h9-10,15-16,18H,3-8,11-12H2,1-2H3. The summed E-state index contributed by atoms with van der Waals surface area (Å²) in [4.78, 5) is 7.22. The third kappa shape index (κ3) is 3.95. The Kier molecular flexibility index (Phi) is 4.76. The number of hydrogen-bond acceptors (Lipinski definition) is 4. The van der Waals surface area contributed by atoms with E-state index in [1.165, 1.54) is 30.5 Å². The minimum Gasteiger partial charge on any atom is -0.380 e. The van der Waals surface area contributed by atoms with Crippen LogP contribution in [0, 0.1) is 0 Å². The maximum absolute atomic E-state index is 5.54. The molecule has 1 unspecified atom stereocenters. The summed E-state index contributed by atoms with van der Waals surface area (Å²) >= 11 is 0. The molecule has 2 aliphatic rings. The number of pyridine rings is 1. The molecule has 0 bridgehead atoms. The maximum Gasteiger partial charge on any atom is 0.129 e. The fourth-order valence-corrected chi connectivity index (χ4v) is 2.97. The molecule has 1 atom stereocenters. The lowest BCUT2D eigenvalue weighted by Crippen LogP contribution is -2.39. The van der Waals surface area contributed by atoms with E-state index in [2.05, 4.69) is 29.3 Å². The second-order valence-corrected chi connectivity index (χ2v) is 6.28. The Hall–Kier alpha value is -1.13. The van der Waals surface area contributed by atoms with Gasteiger partial charge in [-0.1, -0.05) is 6.92 Å². The van der Waals surface area contributed by atoms with E-state index in [1.54, 1.807) is 0 Å². The molecule has 0 amide bonds. The molecule has 116 valence electrons. The molecule has 2 heterocycles. The number of anilines is 1.